The number of benzene rings is 1. The molecular formula is C15H23NO2. The standard InChI is InChI=1S/C15H23NO2/c1-11(13-4-7-15(18-2)8-5-13)16-10-12-3-6-14(17)9-12/h4-5,7-8,11-12,14,16-17H,3,6,9-10H2,1-2H3. The van der Waals surface area contributed by atoms with Crippen LogP contribution in [0.4, 0.5) is 0 Å². The first kappa shape index (κ1) is 13.4. The lowest BCUT2D eigenvalue weighted by molar-refractivity contribution is 0.177. The number of aliphatic hydroxyl groups excluding tert-OH is 1. The molecule has 1 fully saturated rings. The SMILES string of the molecule is COc1ccc(C(C)NCC2CCC(O)C2)cc1. The molecule has 3 nitrogen and oxygen atoms in total. The van der Waals surface area contributed by atoms with Gasteiger partial charge in [0.1, 0.15) is 5.75 Å². The molecule has 1 aliphatic rings. The van der Waals surface area contributed by atoms with Crippen LogP contribution in [0.1, 0.15) is 37.8 Å². The average Bonchev–Trinajstić information content (AvgIpc) is 2.82. The summed E-state index contributed by atoms with van der Waals surface area (Å²) >= 11 is 0. The molecule has 3 atom stereocenters. The molecular weight excluding hydrogens is 226 g/mol. The third kappa shape index (κ3) is 3.47. The molecule has 0 heterocycles. The van der Waals surface area contributed by atoms with E-state index in [0.29, 0.717) is 12.0 Å². The van der Waals surface area contributed by atoms with Gasteiger partial charge in [-0.1, -0.05) is 12.1 Å². The largest absolute Gasteiger partial charge is 0.497 e. The lowest BCUT2D eigenvalue weighted by atomic mass is 10.1. The second-order valence-corrected chi connectivity index (χ2v) is 5.24. The molecule has 100 valence electrons. The molecule has 0 bridgehead atoms. The molecule has 1 aromatic carbocycles. The maximum Gasteiger partial charge on any atom is 0.118 e. The molecule has 1 aromatic rings. The lowest BCUT2D eigenvalue weighted by Crippen LogP contribution is -2.25. The fourth-order valence-corrected chi connectivity index (χ4v) is 2.59. The predicted molar refractivity (Wildman–Crippen MR) is 72.8 cm³/mol. The van der Waals surface area contributed by atoms with Crippen LogP contribution < -0.4 is 10.1 Å². The second-order valence-electron chi connectivity index (χ2n) is 5.24. The summed E-state index contributed by atoms with van der Waals surface area (Å²) in [5.74, 6) is 1.52. The topological polar surface area (TPSA) is 41.5 Å². The number of rotatable bonds is 5. The number of hydrogen-bond donors (Lipinski definition) is 2. The van der Waals surface area contributed by atoms with E-state index < -0.39 is 0 Å². The van der Waals surface area contributed by atoms with Gasteiger partial charge in [0.25, 0.3) is 0 Å². The van der Waals surface area contributed by atoms with Gasteiger partial charge in [-0.3, -0.25) is 0 Å². The van der Waals surface area contributed by atoms with E-state index in [1.165, 1.54) is 5.56 Å². The molecule has 18 heavy (non-hydrogen) atoms. The Morgan fingerprint density at radius 1 is 1.33 bits per heavy atom. The van der Waals surface area contributed by atoms with E-state index in [4.69, 9.17) is 4.74 Å². The molecule has 0 saturated heterocycles. The van der Waals surface area contributed by atoms with Crippen LogP contribution in [-0.2, 0) is 0 Å². The van der Waals surface area contributed by atoms with Crippen molar-refractivity contribution in [2.75, 3.05) is 13.7 Å². The van der Waals surface area contributed by atoms with Gasteiger partial charge in [0.05, 0.1) is 13.2 Å². The summed E-state index contributed by atoms with van der Waals surface area (Å²) in [5, 5.41) is 13.0. The van der Waals surface area contributed by atoms with Crippen molar-refractivity contribution in [2.45, 2.75) is 38.3 Å². The summed E-state index contributed by atoms with van der Waals surface area (Å²) in [5.41, 5.74) is 1.27. The van der Waals surface area contributed by atoms with Gasteiger partial charge in [0.2, 0.25) is 0 Å². The van der Waals surface area contributed by atoms with Crippen molar-refractivity contribution in [1.82, 2.24) is 5.32 Å². The lowest BCUT2D eigenvalue weighted by Gasteiger charge is -2.17. The Morgan fingerprint density at radius 3 is 2.61 bits per heavy atom. The van der Waals surface area contributed by atoms with E-state index >= 15 is 0 Å². The number of hydrogen-bond acceptors (Lipinski definition) is 3. The Hall–Kier alpha value is -1.06. The van der Waals surface area contributed by atoms with Crippen LogP contribution in [0.3, 0.4) is 0 Å². The normalized spacial score (nSPS) is 25.1. The van der Waals surface area contributed by atoms with Crippen LogP contribution in [0.25, 0.3) is 0 Å². The van der Waals surface area contributed by atoms with Crippen molar-refractivity contribution >= 4 is 0 Å². The quantitative estimate of drug-likeness (QED) is 0.842. The number of nitrogens with one attached hydrogen (secondary N) is 1. The van der Waals surface area contributed by atoms with Crippen molar-refractivity contribution in [1.29, 1.82) is 0 Å². The molecule has 0 amide bonds. The van der Waals surface area contributed by atoms with E-state index in [1.807, 2.05) is 12.1 Å². The second kappa shape index (κ2) is 6.21. The smallest absolute Gasteiger partial charge is 0.118 e. The van der Waals surface area contributed by atoms with Crippen LogP contribution in [0.15, 0.2) is 24.3 Å². The van der Waals surface area contributed by atoms with Crippen molar-refractivity contribution in [3.63, 3.8) is 0 Å². The zero-order valence-electron chi connectivity index (χ0n) is 11.2. The minimum atomic E-state index is -0.0758. The van der Waals surface area contributed by atoms with Crippen molar-refractivity contribution < 1.29 is 9.84 Å². The summed E-state index contributed by atoms with van der Waals surface area (Å²) < 4.78 is 5.15. The van der Waals surface area contributed by atoms with Gasteiger partial charge in [0, 0.05) is 6.04 Å². The van der Waals surface area contributed by atoms with Crippen LogP contribution in [-0.4, -0.2) is 24.9 Å². The molecule has 0 spiro atoms. The number of ether oxygens (including phenoxy) is 1. The van der Waals surface area contributed by atoms with E-state index in [2.05, 4.69) is 24.4 Å². The molecule has 3 heteroatoms. The number of aliphatic hydroxyl groups is 1. The van der Waals surface area contributed by atoms with Gasteiger partial charge in [0.15, 0.2) is 0 Å². The zero-order chi connectivity index (χ0) is 13.0. The Kier molecular flexibility index (Phi) is 4.61. The van der Waals surface area contributed by atoms with Gasteiger partial charge >= 0.3 is 0 Å². The van der Waals surface area contributed by atoms with Gasteiger partial charge in [-0.2, -0.15) is 0 Å². The average molecular weight is 249 g/mol. The van der Waals surface area contributed by atoms with E-state index in [1.54, 1.807) is 7.11 Å². The van der Waals surface area contributed by atoms with Crippen molar-refractivity contribution in [3.8, 4) is 5.75 Å². The molecule has 2 N–H and O–H groups in total. The highest BCUT2D eigenvalue weighted by atomic mass is 16.5. The molecule has 0 aliphatic heterocycles. The first-order chi connectivity index (χ1) is 8.69. The minimum Gasteiger partial charge on any atom is -0.497 e. The molecule has 1 saturated carbocycles. The van der Waals surface area contributed by atoms with E-state index in [-0.39, 0.29) is 6.10 Å². The number of methoxy groups -OCH3 is 1. The minimum absolute atomic E-state index is 0.0758. The maximum atomic E-state index is 9.50. The molecule has 0 aromatic heterocycles. The van der Waals surface area contributed by atoms with Gasteiger partial charge in [-0.05, 0) is 56.3 Å². The summed E-state index contributed by atoms with van der Waals surface area (Å²) in [7, 11) is 1.68. The van der Waals surface area contributed by atoms with Crippen LogP contribution in [0, 0.1) is 5.92 Å². The highest BCUT2D eigenvalue weighted by Crippen LogP contribution is 2.25. The van der Waals surface area contributed by atoms with Crippen molar-refractivity contribution in [3.05, 3.63) is 29.8 Å². The monoisotopic (exact) mass is 249 g/mol. The van der Waals surface area contributed by atoms with E-state index in [0.717, 1.165) is 31.6 Å². The van der Waals surface area contributed by atoms with Gasteiger partial charge in [-0.15, -0.1) is 0 Å². The first-order valence-corrected chi connectivity index (χ1v) is 6.74. The summed E-state index contributed by atoms with van der Waals surface area (Å²) in [6, 6.07) is 8.52. The third-order valence-corrected chi connectivity index (χ3v) is 3.84. The fourth-order valence-electron chi connectivity index (χ4n) is 2.59. The molecule has 0 radical (unpaired) electrons. The highest BCUT2D eigenvalue weighted by Gasteiger charge is 2.22. The summed E-state index contributed by atoms with van der Waals surface area (Å²) in [6.07, 6.45) is 2.97. The van der Waals surface area contributed by atoms with Gasteiger partial charge in [-0.25, -0.2) is 0 Å². The van der Waals surface area contributed by atoms with Crippen LogP contribution >= 0.6 is 0 Å². The van der Waals surface area contributed by atoms with E-state index in [9.17, 15) is 5.11 Å². The Balaban J connectivity index is 1.81. The van der Waals surface area contributed by atoms with Crippen LogP contribution in [0.2, 0.25) is 0 Å². The molecule has 2 rings (SSSR count). The van der Waals surface area contributed by atoms with Crippen molar-refractivity contribution in [2.24, 2.45) is 5.92 Å². The summed E-state index contributed by atoms with van der Waals surface area (Å²) in [4.78, 5) is 0. The zero-order valence-corrected chi connectivity index (χ0v) is 11.2. The van der Waals surface area contributed by atoms with Gasteiger partial charge < -0.3 is 15.2 Å². The highest BCUT2D eigenvalue weighted by molar-refractivity contribution is 5.28. The summed E-state index contributed by atoms with van der Waals surface area (Å²) in [6.45, 7) is 3.16. The predicted octanol–water partition coefficient (Wildman–Crippen LogP) is 2.51. The molecule has 3 unspecified atom stereocenters. The Labute approximate surface area is 109 Å². The maximum absolute atomic E-state index is 9.50. The Morgan fingerprint density at radius 2 is 2.06 bits per heavy atom. The first-order valence-electron chi connectivity index (χ1n) is 6.74. The molecule has 1 aliphatic carbocycles. The fraction of sp³-hybridized carbons (Fsp3) is 0.600. The Bertz CT molecular complexity index is 363. The third-order valence-electron chi connectivity index (χ3n) is 3.84. The van der Waals surface area contributed by atoms with Crippen LogP contribution in [0.5, 0.6) is 5.75 Å².